The maximum atomic E-state index is 12.3. The quantitative estimate of drug-likeness (QED) is 0.762. The number of hydrogen-bond acceptors (Lipinski definition) is 4. The second kappa shape index (κ2) is 6.96. The predicted molar refractivity (Wildman–Crippen MR) is 71.8 cm³/mol. The van der Waals surface area contributed by atoms with Gasteiger partial charge < -0.3 is 10.1 Å². The van der Waals surface area contributed by atoms with Crippen molar-refractivity contribution in [2.75, 3.05) is 26.2 Å². The molecule has 1 N–H and O–H groups in total. The Kier molecular flexibility index (Phi) is 5.48. The molecule has 0 aromatic carbocycles. The van der Waals surface area contributed by atoms with Gasteiger partial charge in [0.05, 0.1) is 13.2 Å². The zero-order valence-electron chi connectivity index (χ0n) is 12.3. The first-order valence-electron chi connectivity index (χ1n) is 7.57. The standard InChI is InChI=1S/C14H23F3N2O2/c1-2-21-13(20)6-10-5-11(18-9-14(15,16)17)8-19(7-10)12-3-4-12/h10-12,18H,2-9H2,1H3. The van der Waals surface area contributed by atoms with Crippen LogP contribution < -0.4 is 5.32 Å². The van der Waals surface area contributed by atoms with Gasteiger partial charge >= 0.3 is 12.1 Å². The van der Waals surface area contributed by atoms with Crippen molar-refractivity contribution in [3.63, 3.8) is 0 Å². The third kappa shape index (κ3) is 5.82. The summed E-state index contributed by atoms with van der Waals surface area (Å²) in [5.41, 5.74) is 0. The van der Waals surface area contributed by atoms with E-state index in [0.29, 0.717) is 32.0 Å². The van der Waals surface area contributed by atoms with Crippen LogP contribution in [-0.4, -0.2) is 55.4 Å². The van der Waals surface area contributed by atoms with Gasteiger partial charge in [-0.05, 0) is 32.1 Å². The average molecular weight is 308 g/mol. The zero-order valence-corrected chi connectivity index (χ0v) is 12.3. The van der Waals surface area contributed by atoms with Crippen LogP contribution in [0.2, 0.25) is 0 Å². The number of ether oxygens (including phenoxy) is 1. The maximum absolute atomic E-state index is 12.3. The van der Waals surface area contributed by atoms with Gasteiger partial charge in [0, 0.05) is 31.6 Å². The van der Waals surface area contributed by atoms with Crippen molar-refractivity contribution in [3.8, 4) is 0 Å². The van der Waals surface area contributed by atoms with E-state index in [0.717, 1.165) is 19.4 Å². The summed E-state index contributed by atoms with van der Waals surface area (Å²) in [7, 11) is 0. The van der Waals surface area contributed by atoms with Crippen LogP contribution in [0.1, 0.15) is 32.6 Å². The normalized spacial score (nSPS) is 27.6. The van der Waals surface area contributed by atoms with E-state index in [1.54, 1.807) is 6.92 Å². The molecule has 0 aromatic rings. The van der Waals surface area contributed by atoms with Crippen LogP contribution >= 0.6 is 0 Å². The molecule has 2 fully saturated rings. The molecule has 0 spiro atoms. The van der Waals surface area contributed by atoms with Crippen molar-refractivity contribution in [2.24, 2.45) is 5.92 Å². The van der Waals surface area contributed by atoms with Crippen molar-refractivity contribution in [3.05, 3.63) is 0 Å². The summed E-state index contributed by atoms with van der Waals surface area (Å²) < 4.78 is 42.0. The number of hydrogen-bond donors (Lipinski definition) is 1. The summed E-state index contributed by atoms with van der Waals surface area (Å²) in [6, 6.07) is 0.283. The third-order valence-corrected chi connectivity index (χ3v) is 3.98. The number of carbonyl (C=O) groups is 1. The minimum absolute atomic E-state index is 0.0733. The van der Waals surface area contributed by atoms with Gasteiger partial charge in [-0.25, -0.2) is 0 Å². The Morgan fingerprint density at radius 3 is 2.62 bits per heavy atom. The van der Waals surface area contributed by atoms with E-state index in [2.05, 4.69) is 10.2 Å². The summed E-state index contributed by atoms with van der Waals surface area (Å²) >= 11 is 0. The lowest BCUT2D eigenvalue weighted by Gasteiger charge is -2.38. The van der Waals surface area contributed by atoms with Gasteiger partial charge in [-0.1, -0.05) is 0 Å². The second-order valence-corrected chi connectivity index (χ2v) is 5.99. The van der Waals surface area contributed by atoms with Gasteiger partial charge in [0.25, 0.3) is 0 Å². The molecule has 1 heterocycles. The lowest BCUT2D eigenvalue weighted by atomic mass is 9.91. The molecular formula is C14H23F3N2O2. The Balaban J connectivity index is 1.87. The molecule has 21 heavy (non-hydrogen) atoms. The van der Waals surface area contributed by atoms with Gasteiger partial charge in [0.2, 0.25) is 0 Å². The molecule has 7 heteroatoms. The van der Waals surface area contributed by atoms with Crippen LogP contribution in [-0.2, 0) is 9.53 Å². The number of likely N-dealkylation sites (tertiary alicyclic amines) is 1. The summed E-state index contributed by atoms with van der Waals surface area (Å²) in [4.78, 5) is 13.8. The van der Waals surface area contributed by atoms with Gasteiger partial charge in [0.15, 0.2) is 0 Å². The van der Waals surface area contributed by atoms with Crippen LogP contribution in [0.3, 0.4) is 0 Å². The highest BCUT2D eigenvalue weighted by Crippen LogP contribution is 2.32. The first-order chi connectivity index (χ1) is 9.87. The summed E-state index contributed by atoms with van der Waals surface area (Å²) in [6.07, 6.45) is -1.09. The Morgan fingerprint density at radius 1 is 1.33 bits per heavy atom. The molecule has 2 atom stereocenters. The molecule has 1 saturated heterocycles. The smallest absolute Gasteiger partial charge is 0.401 e. The van der Waals surface area contributed by atoms with E-state index in [9.17, 15) is 18.0 Å². The molecule has 1 aliphatic carbocycles. The fourth-order valence-corrected chi connectivity index (χ4v) is 2.99. The van der Waals surface area contributed by atoms with Crippen molar-refractivity contribution < 1.29 is 22.7 Å². The van der Waals surface area contributed by atoms with E-state index >= 15 is 0 Å². The number of esters is 1. The van der Waals surface area contributed by atoms with E-state index in [-0.39, 0.29) is 17.9 Å². The van der Waals surface area contributed by atoms with Gasteiger partial charge in [0.1, 0.15) is 0 Å². The fourth-order valence-electron chi connectivity index (χ4n) is 2.99. The van der Waals surface area contributed by atoms with Crippen LogP contribution in [0.5, 0.6) is 0 Å². The molecule has 0 amide bonds. The van der Waals surface area contributed by atoms with Crippen molar-refractivity contribution in [1.29, 1.82) is 0 Å². The van der Waals surface area contributed by atoms with E-state index in [1.807, 2.05) is 0 Å². The van der Waals surface area contributed by atoms with Crippen molar-refractivity contribution >= 4 is 5.97 Å². The Bertz CT molecular complexity index is 359. The molecule has 122 valence electrons. The molecule has 0 bridgehead atoms. The Hall–Kier alpha value is -0.820. The molecule has 1 saturated carbocycles. The van der Waals surface area contributed by atoms with E-state index in [4.69, 9.17) is 4.74 Å². The first kappa shape index (κ1) is 16.5. The van der Waals surface area contributed by atoms with Gasteiger partial charge in [-0.2, -0.15) is 13.2 Å². The van der Waals surface area contributed by atoms with Crippen LogP contribution in [0.4, 0.5) is 13.2 Å². The number of carbonyl (C=O) groups excluding carboxylic acids is 1. The maximum Gasteiger partial charge on any atom is 0.401 e. The van der Waals surface area contributed by atoms with Crippen LogP contribution in [0.25, 0.3) is 0 Å². The molecule has 1 aliphatic heterocycles. The van der Waals surface area contributed by atoms with Gasteiger partial charge in [-0.15, -0.1) is 0 Å². The van der Waals surface area contributed by atoms with E-state index in [1.165, 1.54) is 0 Å². The van der Waals surface area contributed by atoms with Crippen LogP contribution in [0, 0.1) is 5.92 Å². The summed E-state index contributed by atoms with van der Waals surface area (Å²) in [6.45, 7) is 2.55. The van der Waals surface area contributed by atoms with E-state index < -0.39 is 12.7 Å². The van der Waals surface area contributed by atoms with Crippen molar-refractivity contribution in [2.45, 2.75) is 50.9 Å². The molecular weight excluding hydrogens is 285 g/mol. The minimum Gasteiger partial charge on any atom is -0.466 e. The average Bonchev–Trinajstić information content (AvgIpc) is 3.19. The topological polar surface area (TPSA) is 41.6 Å². The summed E-state index contributed by atoms with van der Waals surface area (Å²) in [5, 5.41) is 2.59. The number of rotatable bonds is 6. The molecule has 0 aromatic heterocycles. The first-order valence-corrected chi connectivity index (χ1v) is 7.57. The minimum atomic E-state index is -4.20. The number of nitrogens with zero attached hydrogens (tertiary/aromatic N) is 1. The largest absolute Gasteiger partial charge is 0.466 e. The summed E-state index contributed by atoms with van der Waals surface area (Å²) in [5.74, 6) is -0.182. The molecule has 2 rings (SSSR count). The fraction of sp³-hybridized carbons (Fsp3) is 0.929. The molecule has 2 aliphatic rings. The number of nitrogens with one attached hydrogen (secondary N) is 1. The highest BCUT2D eigenvalue weighted by atomic mass is 19.4. The number of piperidine rings is 1. The van der Waals surface area contributed by atoms with Crippen molar-refractivity contribution in [1.82, 2.24) is 10.2 Å². The predicted octanol–water partition coefficient (Wildman–Crippen LogP) is 1.94. The SMILES string of the molecule is CCOC(=O)CC1CC(NCC(F)(F)F)CN(C2CC2)C1. The highest BCUT2D eigenvalue weighted by molar-refractivity contribution is 5.69. The third-order valence-electron chi connectivity index (χ3n) is 3.98. The number of halogens is 3. The van der Waals surface area contributed by atoms with Gasteiger partial charge in [-0.3, -0.25) is 9.69 Å². The zero-order chi connectivity index (χ0) is 15.5. The lowest BCUT2D eigenvalue weighted by molar-refractivity contribution is -0.145. The highest BCUT2D eigenvalue weighted by Gasteiger charge is 2.38. The van der Waals surface area contributed by atoms with Crippen LogP contribution in [0.15, 0.2) is 0 Å². The molecule has 4 nitrogen and oxygen atoms in total. The Morgan fingerprint density at radius 2 is 2.05 bits per heavy atom. The Labute approximate surface area is 123 Å². The number of alkyl halides is 3. The molecule has 2 unspecified atom stereocenters. The molecule has 0 radical (unpaired) electrons. The monoisotopic (exact) mass is 308 g/mol. The second-order valence-electron chi connectivity index (χ2n) is 5.99. The lowest BCUT2D eigenvalue weighted by Crippen LogP contribution is -2.52.